The fourth-order valence-electron chi connectivity index (χ4n) is 1.53. The van der Waals surface area contributed by atoms with Gasteiger partial charge in [-0.1, -0.05) is 0 Å². The SMILES string of the molecule is Cc1cc(-c2nc(Cl)nc(Cl)n2)c(C)n1C. The Labute approximate surface area is 103 Å². The molecule has 2 aromatic heterocycles. The Morgan fingerprint density at radius 1 is 1.06 bits per heavy atom. The summed E-state index contributed by atoms with van der Waals surface area (Å²) in [4.78, 5) is 11.9. The fourth-order valence-corrected chi connectivity index (χ4v) is 1.89. The first kappa shape index (κ1) is 11.4. The highest BCUT2D eigenvalue weighted by atomic mass is 35.5. The van der Waals surface area contributed by atoms with Gasteiger partial charge in [-0.25, -0.2) is 0 Å². The van der Waals surface area contributed by atoms with Crippen molar-refractivity contribution in [3.8, 4) is 11.4 Å². The molecule has 4 nitrogen and oxygen atoms in total. The van der Waals surface area contributed by atoms with Gasteiger partial charge in [0.25, 0.3) is 0 Å². The summed E-state index contributed by atoms with van der Waals surface area (Å²) in [6, 6.07) is 2.00. The van der Waals surface area contributed by atoms with Crippen molar-refractivity contribution in [1.29, 1.82) is 0 Å². The molecule has 84 valence electrons. The van der Waals surface area contributed by atoms with E-state index in [4.69, 9.17) is 23.2 Å². The molecule has 2 rings (SSSR count). The van der Waals surface area contributed by atoms with Crippen LogP contribution in [0.2, 0.25) is 10.6 Å². The van der Waals surface area contributed by atoms with E-state index in [0.29, 0.717) is 5.82 Å². The molecule has 6 heteroatoms. The van der Waals surface area contributed by atoms with Gasteiger partial charge >= 0.3 is 0 Å². The molecule has 0 aliphatic heterocycles. The number of hydrogen-bond acceptors (Lipinski definition) is 3. The summed E-state index contributed by atoms with van der Waals surface area (Å²) >= 11 is 11.5. The Hall–Kier alpha value is -1.13. The summed E-state index contributed by atoms with van der Waals surface area (Å²) in [5, 5.41) is 0.215. The lowest BCUT2D eigenvalue weighted by atomic mass is 10.2. The molecule has 0 aromatic carbocycles. The van der Waals surface area contributed by atoms with Crippen LogP contribution in [0.1, 0.15) is 11.4 Å². The largest absolute Gasteiger partial charge is 0.351 e. The first-order chi connectivity index (χ1) is 7.49. The van der Waals surface area contributed by atoms with Gasteiger partial charge in [-0.3, -0.25) is 0 Å². The minimum absolute atomic E-state index is 0.107. The molecule has 0 saturated heterocycles. The Bertz CT molecular complexity index is 528. The molecule has 0 unspecified atom stereocenters. The zero-order valence-corrected chi connectivity index (χ0v) is 10.6. The maximum absolute atomic E-state index is 5.75. The highest BCUT2D eigenvalue weighted by molar-refractivity contribution is 6.31. The van der Waals surface area contributed by atoms with Gasteiger partial charge in [0.15, 0.2) is 5.82 Å². The van der Waals surface area contributed by atoms with E-state index in [1.807, 2.05) is 27.0 Å². The number of rotatable bonds is 1. The quantitative estimate of drug-likeness (QED) is 0.788. The van der Waals surface area contributed by atoms with Crippen LogP contribution in [0.25, 0.3) is 11.4 Å². The zero-order chi connectivity index (χ0) is 11.9. The minimum Gasteiger partial charge on any atom is -0.351 e. The van der Waals surface area contributed by atoms with E-state index in [2.05, 4.69) is 19.5 Å². The molecule has 0 amide bonds. The van der Waals surface area contributed by atoms with Crippen molar-refractivity contribution in [3.63, 3.8) is 0 Å². The lowest BCUT2D eigenvalue weighted by molar-refractivity contribution is 0.844. The Morgan fingerprint density at radius 3 is 2.06 bits per heavy atom. The Morgan fingerprint density at radius 2 is 1.62 bits per heavy atom. The standard InChI is InChI=1S/C10H10Cl2N4/c1-5-4-7(6(2)16(5)3)8-13-9(11)15-10(12)14-8/h4H,1-3H3. The third-order valence-corrected chi connectivity index (χ3v) is 2.93. The van der Waals surface area contributed by atoms with Crippen molar-refractivity contribution in [2.75, 3.05) is 0 Å². The van der Waals surface area contributed by atoms with Gasteiger partial charge < -0.3 is 4.57 Å². The number of halogens is 2. The van der Waals surface area contributed by atoms with Crippen LogP contribution in [0.3, 0.4) is 0 Å². The molecule has 0 aliphatic rings. The van der Waals surface area contributed by atoms with Crippen molar-refractivity contribution < 1.29 is 0 Å². The summed E-state index contributed by atoms with van der Waals surface area (Å²) in [5.41, 5.74) is 3.11. The van der Waals surface area contributed by atoms with E-state index < -0.39 is 0 Å². The van der Waals surface area contributed by atoms with E-state index >= 15 is 0 Å². The van der Waals surface area contributed by atoms with Crippen LogP contribution in [-0.4, -0.2) is 19.5 Å². The molecule has 2 aromatic rings. The predicted molar refractivity (Wildman–Crippen MR) is 63.7 cm³/mol. The first-order valence-electron chi connectivity index (χ1n) is 4.69. The topological polar surface area (TPSA) is 43.6 Å². The smallest absolute Gasteiger partial charge is 0.227 e. The van der Waals surface area contributed by atoms with Gasteiger partial charge in [-0.15, -0.1) is 0 Å². The van der Waals surface area contributed by atoms with Gasteiger partial charge in [0.2, 0.25) is 10.6 Å². The van der Waals surface area contributed by atoms with E-state index in [0.717, 1.165) is 17.0 Å². The van der Waals surface area contributed by atoms with Crippen LogP contribution >= 0.6 is 23.2 Å². The number of aryl methyl sites for hydroxylation is 1. The van der Waals surface area contributed by atoms with E-state index in [1.54, 1.807) is 0 Å². The Kier molecular flexibility index (Phi) is 2.86. The van der Waals surface area contributed by atoms with Crippen molar-refractivity contribution >= 4 is 23.2 Å². The second-order valence-corrected chi connectivity index (χ2v) is 4.22. The normalized spacial score (nSPS) is 10.8. The summed E-state index contributed by atoms with van der Waals surface area (Å²) in [6.45, 7) is 4.01. The average molecular weight is 257 g/mol. The molecule has 0 bridgehead atoms. The minimum atomic E-state index is 0.107. The van der Waals surface area contributed by atoms with Crippen molar-refractivity contribution in [2.24, 2.45) is 7.05 Å². The van der Waals surface area contributed by atoms with E-state index in [1.165, 1.54) is 0 Å². The van der Waals surface area contributed by atoms with Gasteiger partial charge in [0, 0.05) is 24.0 Å². The molecule has 0 aliphatic carbocycles. The highest BCUT2D eigenvalue weighted by Crippen LogP contribution is 2.24. The molecule has 16 heavy (non-hydrogen) atoms. The molecule has 0 fully saturated rings. The van der Waals surface area contributed by atoms with Gasteiger partial charge in [0.05, 0.1) is 0 Å². The van der Waals surface area contributed by atoms with Crippen LogP contribution in [0, 0.1) is 13.8 Å². The van der Waals surface area contributed by atoms with Gasteiger partial charge in [-0.2, -0.15) is 15.0 Å². The first-order valence-corrected chi connectivity index (χ1v) is 5.45. The summed E-state index contributed by atoms with van der Waals surface area (Å²) < 4.78 is 2.06. The van der Waals surface area contributed by atoms with Crippen LogP contribution in [-0.2, 0) is 7.05 Å². The van der Waals surface area contributed by atoms with Crippen LogP contribution in [0.4, 0.5) is 0 Å². The molecular weight excluding hydrogens is 247 g/mol. The maximum atomic E-state index is 5.75. The lowest BCUT2D eigenvalue weighted by Crippen LogP contribution is -1.96. The zero-order valence-electron chi connectivity index (χ0n) is 9.12. The van der Waals surface area contributed by atoms with Crippen molar-refractivity contribution in [2.45, 2.75) is 13.8 Å². The molecule has 0 spiro atoms. The number of hydrogen-bond donors (Lipinski definition) is 0. The molecule has 0 radical (unpaired) electrons. The predicted octanol–water partition coefficient (Wildman–Crippen LogP) is 2.80. The van der Waals surface area contributed by atoms with E-state index in [9.17, 15) is 0 Å². The van der Waals surface area contributed by atoms with Crippen LogP contribution in [0.5, 0.6) is 0 Å². The number of nitrogens with zero attached hydrogens (tertiary/aromatic N) is 4. The molecular formula is C10H10Cl2N4. The third kappa shape index (κ3) is 1.90. The summed E-state index contributed by atoms with van der Waals surface area (Å²) in [7, 11) is 1.98. The maximum Gasteiger partial charge on any atom is 0.227 e. The molecule has 2 heterocycles. The second kappa shape index (κ2) is 4.03. The van der Waals surface area contributed by atoms with Gasteiger partial charge in [-0.05, 0) is 43.1 Å². The second-order valence-electron chi connectivity index (χ2n) is 3.54. The number of aromatic nitrogens is 4. The average Bonchev–Trinajstić information content (AvgIpc) is 2.44. The Balaban J connectivity index is 2.62. The summed E-state index contributed by atoms with van der Waals surface area (Å²) in [5.74, 6) is 0.506. The monoisotopic (exact) mass is 256 g/mol. The fraction of sp³-hybridized carbons (Fsp3) is 0.300. The van der Waals surface area contributed by atoms with Crippen LogP contribution in [0.15, 0.2) is 6.07 Å². The third-order valence-electron chi connectivity index (χ3n) is 2.60. The molecule has 0 atom stereocenters. The highest BCUT2D eigenvalue weighted by Gasteiger charge is 2.12. The lowest BCUT2D eigenvalue weighted by Gasteiger charge is -2.02. The van der Waals surface area contributed by atoms with Crippen molar-refractivity contribution in [3.05, 3.63) is 28.0 Å². The van der Waals surface area contributed by atoms with Crippen LogP contribution < -0.4 is 0 Å². The van der Waals surface area contributed by atoms with Gasteiger partial charge in [0.1, 0.15) is 0 Å². The summed E-state index contributed by atoms with van der Waals surface area (Å²) in [6.07, 6.45) is 0. The molecule has 0 N–H and O–H groups in total. The molecule has 0 saturated carbocycles. The van der Waals surface area contributed by atoms with E-state index in [-0.39, 0.29) is 10.6 Å². The van der Waals surface area contributed by atoms with Crippen molar-refractivity contribution in [1.82, 2.24) is 19.5 Å².